The van der Waals surface area contributed by atoms with Gasteiger partial charge in [-0.15, -0.1) is 0 Å². The van der Waals surface area contributed by atoms with Gasteiger partial charge in [0.1, 0.15) is 6.73 Å². The zero-order valence-corrected chi connectivity index (χ0v) is 7.95. The molecule has 0 heterocycles. The molecule has 0 unspecified atom stereocenters. The van der Waals surface area contributed by atoms with E-state index in [9.17, 15) is 4.79 Å². The van der Waals surface area contributed by atoms with Crippen LogP contribution in [0.5, 0.6) is 0 Å². The first kappa shape index (κ1) is 10.0. The zero-order chi connectivity index (χ0) is 9.84. The number of halogens is 1. The molecule has 0 saturated heterocycles. The van der Waals surface area contributed by atoms with Gasteiger partial charge in [-0.2, -0.15) is 0 Å². The lowest BCUT2D eigenvalue weighted by molar-refractivity contribution is -0.117. The maximum absolute atomic E-state index is 11.0. The Labute approximate surface area is 81.5 Å². The fourth-order valence-electron chi connectivity index (χ4n) is 0.984. The van der Waals surface area contributed by atoms with Gasteiger partial charge in [0.15, 0.2) is 0 Å². The van der Waals surface area contributed by atoms with Crippen molar-refractivity contribution in [2.75, 3.05) is 11.6 Å². The van der Waals surface area contributed by atoms with Crippen molar-refractivity contribution in [1.82, 2.24) is 0 Å². The topological polar surface area (TPSA) is 40.5 Å². The highest BCUT2D eigenvalue weighted by Crippen LogP contribution is 2.17. The first-order valence-electron chi connectivity index (χ1n) is 3.79. The number of benzene rings is 1. The molecule has 1 aromatic carbocycles. The number of aliphatic hydroxyl groups excluding tert-OH is 1. The van der Waals surface area contributed by atoms with Crippen LogP contribution in [0.3, 0.4) is 0 Å². The van der Waals surface area contributed by atoms with Crippen LogP contribution in [-0.2, 0) is 4.79 Å². The monoisotopic (exact) mass is 199 g/mol. The fraction of sp³-hybridized carbons (Fsp3) is 0.222. The summed E-state index contributed by atoms with van der Waals surface area (Å²) in [4.78, 5) is 12.2. The molecule has 70 valence electrons. The van der Waals surface area contributed by atoms with Crippen LogP contribution in [0.25, 0.3) is 0 Å². The van der Waals surface area contributed by atoms with Gasteiger partial charge in [-0.05, 0) is 24.3 Å². The fourth-order valence-corrected chi connectivity index (χ4v) is 1.11. The minimum atomic E-state index is -0.322. The van der Waals surface area contributed by atoms with Crippen molar-refractivity contribution in [3.63, 3.8) is 0 Å². The number of hydrogen-bond acceptors (Lipinski definition) is 2. The summed E-state index contributed by atoms with van der Waals surface area (Å²) in [6.07, 6.45) is 0. The van der Waals surface area contributed by atoms with E-state index in [-0.39, 0.29) is 12.6 Å². The van der Waals surface area contributed by atoms with Gasteiger partial charge in [-0.25, -0.2) is 0 Å². The van der Waals surface area contributed by atoms with Crippen molar-refractivity contribution in [1.29, 1.82) is 0 Å². The number of rotatable bonds is 2. The molecular formula is C9H10ClNO2. The predicted molar refractivity (Wildman–Crippen MR) is 51.7 cm³/mol. The van der Waals surface area contributed by atoms with E-state index in [1.165, 1.54) is 11.8 Å². The van der Waals surface area contributed by atoms with Gasteiger partial charge in [-0.3, -0.25) is 9.69 Å². The Morgan fingerprint density at radius 2 is 2.00 bits per heavy atom. The Morgan fingerprint density at radius 3 is 2.38 bits per heavy atom. The molecule has 0 aliphatic carbocycles. The molecule has 13 heavy (non-hydrogen) atoms. The average Bonchev–Trinajstić information content (AvgIpc) is 2.09. The van der Waals surface area contributed by atoms with Crippen molar-refractivity contribution in [2.45, 2.75) is 6.92 Å². The summed E-state index contributed by atoms with van der Waals surface area (Å²) >= 11 is 5.67. The van der Waals surface area contributed by atoms with Crippen LogP contribution in [0.15, 0.2) is 24.3 Å². The lowest BCUT2D eigenvalue weighted by atomic mass is 10.3. The molecule has 1 rings (SSSR count). The quantitative estimate of drug-likeness (QED) is 0.736. The molecule has 0 aromatic heterocycles. The van der Waals surface area contributed by atoms with Crippen molar-refractivity contribution in [3.8, 4) is 0 Å². The molecule has 4 heteroatoms. The summed E-state index contributed by atoms with van der Waals surface area (Å²) in [5, 5.41) is 9.49. The summed E-state index contributed by atoms with van der Waals surface area (Å²) in [6, 6.07) is 6.70. The van der Waals surface area contributed by atoms with Gasteiger partial charge in [0.2, 0.25) is 5.91 Å². The number of anilines is 1. The lowest BCUT2D eigenvalue weighted by Crippen LogP contribution is -2.29. The highest BCUT2D eigenvalue weighted by Gasteiger charge is 2.08. The Bertz CT molecular complexity index is 297. The van der Waals surface area contributed by atoms with Crippen LogP contribution in [-0.4, -0.2) is 17.7 Å². The van der Waals surface area contributed by atoms with Crippen LogP contribution in [0.2, 0.25) is 5.02 Å². The Morgan fingerprint density at radius 1 is 1.46 bits per heavy atom. The van der Waals surface area contributed by atoms with Gasteiger partial charge in [0.25, 0.3) is 0 Å². The molecule has 0 atom stereocenters. The van der Waals surface area contributed by atoms with Gasteiger partial charge >= 0.3 is 0 Å². The number of carbonyl (C=O) groups is 1. The van der Waals surface area contributed by atoms with Gasteiger partial charge < -0.3 is 5.11 Å². The van der Waals surface area contributed by atoms with Crippen LogP contribution in [0.1, 0.15) is 6.92 Å². The van der Waals surface area contributed by atoms with E-state index in [0.717, 1.165) is 0 Å². The molecule has 0 aliphatic heterocycles. The lowest BCUT2D eigenvalue weighted by Gasteiger charge is -2.17. The van der Waals surface area contributed by atoms with E-state index >= 15 is 0 Å². The molecule has 1 aromatic rings. The first-order chi connectivity index (χ1) is 6.15. The Hall–Kier alpha value is -1.06. The smallest absolute Gasteiger partial charge is 0.225 e. The van der Waals surface area contributed by atoms with Crippen LogP contribution < -0.4 is 4.90 Å². The molecule has 0 bridgehead atoms. The maximum Gasteiger partial charge on any atom is 0.225 e. The van der Waals surface area contributed by atoms with E-state index in [1.54, 1.807) is 24.3 Å². The second-order valence-corrected chi connectivity index (χ2v) is 3.00. The molecular weight excluding hydrogens is 190 g/mol. The number of amides is 1. The second kappa shape index (κ2) is 4.25. The average molecular weight is 200 g/mol. The molecule has 1 amide bonds. The zero-order valence-electron chi connectivity index (χ0n) is 7.20. The van der Waals surface area contributed by atoms with Gasteiger partial charge in [0.05, 0.1) is 0 Å². The van der Waals surface area contributed by atoms with Gasteiger partial charge in [-0.1, -0.05) is 11.6 Å². The second-order valence-electron chi connectivity index (χ2n) is 2.56. The molecule has 3 nitrogen and oxygen atoms in total. The maximum atomic E-state index is 11.0. The minimum Gasteiger partial charge on any atom is -0.376 e. The van der Waals surface area contributed by atoms with Crippen molar-refractivity contribution < 1.29 is 9.90 Å². The summed E-state index contributed by atoms with van der Waals surface area (Å²) in [5.41, 5.74) is 0.638. The van der Waals surface area contributed by atoms with E-state index < -0.39 is 0 Å². The number of hydrogen-bond donors (Lipinski definition) is 1. The third kappa shape index (κ3) is 2.44. The molecule has 0 aliphatic rings. The standard InChI is InChI=1S/C9H10ClNO2/c1-7(13)11(6-12)9-4-2-8(10)3-5-9/h2-5,12H,6H2,1H3. The van der Waals surface area contributed by atoms with Crippen LogP contribution in [0, 0.1) is 0 Å². The van der Waals surface area contributed by atoms with Crippen LogP contribution >= 0.6 is 11.6 Å². The Kier molecular flexibility index (Phi) is 3.28. The molecule has 0 radical (unpaired) electrons. The normalized spacial score (nSPS) is 9.77. The van der Waals surface area contributed by atoms with Crippen molar-refractivity contribution >= 4 is 23.2 Å². The molecule has 1 N–H and O–H groups in total. The summed E-state index contributed by atoms with van der Waals surface area (Å²) in [5.74, 6) is -0.204. The molecule has 0 spiro atoms. The first-order valence-corrected chi connectivity index (χ1v) is 4.17. The van der Waals surface area contributed by atoms with Crippen LogP contribution in [0.4, 0.5) is 5.69 Å². The number of carbonyl (C=O) groups excluding carboxylic acids is 1. The summed E-state index contributed by atoms with van der Waals surface area (Å²) < 4.78 is 0. The summed E-state index contributed by atoms with van der Waals surface area (Å²) in [7, 11) is 0. The SMILES string of the molecule is CC(=O)N(CO)c1ccc(Cl)cc1. The van der Waals surface area contributed by atoms with Crippen molar-refractivity contribution in [2.24, 2.45) is 0 Å². The predicted octanol–water partition coefficient (Wildman–Crippen LogP) is 1.64. The van der Waals surface area contributed by atoms with Crippen molar-refractivity contribution in [3.05, 3.63) is 29.3 Å². The Balaban J connectivity index is 2.92. The third-order valence-corrected chi connectivity index (χ3v) is 1.91. The van der Waals surface area contributed by atoms with E-state index in [2.05, 4.69) is 0 Å². The molecule has 0 fully saturated rings. The highest BCUT2D eigenvalue weighted by molar-refractivity contribution is 6.30. The van der Waals surface area contributed by atoms with E-state index in [0.29, 0.717) is 10.7 Å². The highest BCUT2D eigenvalue weighted by atomic mass is 35.5. The molecule has 0 saturated carbocycles. The van der Waals surface area contributed by atoms with Gasteiger partial charge in [0, 0.05) is 17.6 Å². The summed E-state index contributed by atoms with van der Waals surface area (Å²) in [6.45, 7) is 1.07. The van der Waals surface area contributed by atoms with E-state index in [1.807, 2.05) is 0 Å². The van der Waals surface area contributed by atoms with E-state index in [4.69, 9.17) is 16.7 Å². The third-order valence-electron chi connectivity index (χ3n) is 1.66. The largest absolute Gasteiger partial charge is 0.376 e. The minimum absolute atomic E-state index is 0.204. The number of nitrogens with zero attached hydrogens (tertiary/aromatic N) is 1. The number of aliphatic hydroxyl groups is 1.